The molecule has 0 aliphatic carbocycles. The fraction of sp³-hybridized carbons (Fsp3) is 0.545. The van der Waals surface area contributed by atoms with Gasteiger partial charge in [-0.15, -0.1) is 0 Å². The zero-order chi connectivity index (χ0) is 19.9. The molecule has 4 nitrogen and oxygen atoms in total. The smallest absolute Gasteiger partial charge is 0.307 e. The Morgan fingerprint density at radius 1 is 1.04 bits per heavy atom. The molecule has 0 aliphatic heterocycles. The van der Waals surface area contributed by atoms with Gasteiger partial charge in [-0.25, -0.2) is 0 Å². The van der Waals surface area contributed by atoms with Gasteiger partial charge in [0.15, 0.2) is 0 Å². The van der Waals surface area contributed by atoms with Crippen molar-refractivity contribution in [3.8, 4) is 0 Å². The van der Waals surface area contributed by atoms with Crippen LogP contribution in [0.15, 0.2) is 40.9 Å². The van der Waals surface area contributed by atoms with Gasteiger partial charge in [0.25, 0.3) is 0 Å². The summed E-state index contributed by atoms with van der Waals surface area (Å²) in [6.07, 6.45) is 14.2. The average Bonchev–Trinajstić information content (AvgIpc) is 2.64. The molecule has 27 heavy (non-hydrogen) atoms. The molecule has 0 saturated heterocycles. The van der Waals surface area contributed by atoms with Crippen LogP contribution < -0.4 is 5.32 Å². The summed E-state index contributed by atoms with van der Waals surface area (Å²) in [4.78, 5) is 23.5. The van der Waals surface area contributed by atoms with Crippen LogP contribution in [0.4, 0.5) is 5.69 Å². The summed E-state index contributed by atoms with van der Waals surface area (Å²) < 4.78 is 0.926. The highest BCUT2D eigenvalue weighted by molar-refractivity contribution is 9.10. The third-order valence-corrected chi connectivity index (χ3v) is 5.00. The molecule has 150 valence electrons. The van der Waals surface area contributed by atoms with Crippen molar-refractivity contribution in [1.82, 2.24) is 0 Å². The van der Waals surface area contributed by atoms with E-state index in [2.05, 4.69) is 34.2 Å². The molecular formula is C22H32BrNO3. The molecule has 0 fully saturated rings. The molecule has 1 unspecified atom stereocenters. The Hall–Kier alpha value is -1.62. The van der Waals surface area contributed by atoms with Crippen LogP contribution >= 0.6 is 15.9 Å². The number of rotatable bonds is 14. The zero-order valence-corrected chi connectivity index (χ0v) is 17.8. The average molecular weight is 438 g/mol. The highest BCUT2D eigenvalue weighted by atomic mass is 79.9. The van der Waals surface area contributed by atoms with Gasteiger partial charge in [0.2, 0.25) is 5.91 Å². The van der Waals surface area contributed by atoms with Crippen LogP contribution in [0.25, 0.3) is 0 Å². The second-order valence-electron chi connectivity index (χ2n) is 6.91. The van der Waals surface area contributed by atoms with Gasteiger partial charge in [-0.3, -0.25) is 9.59 Å². The number of carbonyl (C=O) groups is 2. The van der Waals surface area contributed by atoms with E-state index in [1.165, 1.54) is 38.5 Å². The minimum Gasteiger partial charge on any atom is -0.481 e. The molecule has 1 rings (SSSR count). The van der Waals surface area contributed by atoms with E-state index < -0.39 is 11.9 Å². The molecular weight excluding hydrogens is 406 g/mol. The largest absolute Gasteiger partial charge is 0.481 e. The van der Waals surface area contributed by atoms with E-state index in [1.807, 2.05) is 18.2 Å². The van der Waals surface area contributed by atoms with E-state index in [0.29, 0.717) is 12.1 Å². The molecule has 0 heterocycles. The van der Waals surface area contributed by atoms with Crippen LogP contribution in [-0.4, -0.2) is 17.0 Å². The van der Waals surface area contributed by atoms with E-state index in [0.717, 1.165) is 17.3 Å². The Balaban J connectivity index is 2.25. The number of unbranched alkanes of at least 4 members (excludes halogenated alkanes) is 7. The van der Waals surface area contributed by atoms with Crippen LogP contribution in [0.1, 0.15) is 71.1 Å². The molecule has 0 saturated carbocycles. The van der Waals surface area contributed by atoms with E-state index in [9.17, 15) is 14.7 Å². The zero-order valence-electron chi connectivity index (χ0n) is 16.3. The summed E-state index contributed by atoms with van der Waals surface area (Å²) >= 11 is 3.34. The van der Waals surface area contributed by atoms with Crippen molar-refractivity contribution in [2.75, 3.05) is 5.32 Å². The highest BCUT2D eigenvalue weighted by Crippen LogP contribution is 2.17. The van der Waals surface area contributed by atoms with Crippen LogP contribution in [-0.2, 0) is 9.59 Å². The van der Waals surface area contributed by atoms with Crippen LogP contribution in [0.3, 0.4) is 0 Å². The number of carboxylic acids is 1. The Labute approximate surface area is 171 Å². The Morgan fingerprint density at radius 2 is 1.67 bits per heavy atom. The highest BCUT2D eigenvalue weighted by Gasteiger charge is 2.20. The van der Waals surface area contributed by atoms with E-state index in [-0.39, 0.29) is 12.3 Å². The van der Waals surface area contributed by atoms with Crippen molar-refractivity contribution >= 4 is 33.5 Å². The van der Waals surface area contributed by atoms with Crippen LogP contribution in [0.5, 0.6) is 0 Å². The summed E-state index contributed by atoms with van der Waals surface area (Å²) in [5, 5.41) is 12.1. The first-order valence-electron chi connectivity index (χ1n) is 9.96. The van der Waals surface area contributed by atoms with Gasteiger partial charge in [0.1, 0.15) is 0 Å². The topological polar surface area (TPSA) is 66.4 Å². The first-order chi connectivity index (χ1) is 13.0. The van der Waals surface area contributed by atoms with Crippen molar-refractivity contribution in [3.63, 3.8) is 0 Å². The lowest BCUT2D eigenvalue weighted by molar-refractivity contribution is -0.143. The number of aliphatic carboxylic acids is 1. The third kappa shape index (κ3) is 11.6. The van der Waals surface area contributed by atoms with Crippen molar-refractivity contribution in [2.45, 2.75) is 71.1 Å². The molecule has 1 aromatic rings. The number of anilines is 1. The number of hydrogen-bond acceptors (Lipinski definition) is 2. The molecule has 0 aromatic heterocycles. The minimum atomic E-state index is -0.929. The fourth-order valence-electron chi connectivity index (χ4n) is 2.84. The van der Waals surface area contributed by atoms with Gasteiger partial charge in [-0.05, 0) is 43.5 Å². The molecule has 1 atom stereocenters. The van der Waals surface area contributed by atoms with Gasteiger partial charge in [-0.2, -0.15) is 0 Å². The van der Waals surface area contributed by atoms with Crippen LogP contribution in [0.2, 0.25) is 0 Å². The fourth-order valence-corrected chi connectivity index (χ4v) is 3.10. The number of allylic oxidation sites excluding steroid dienone is 2. The van der Waals surface area contributed by atoms with Crippen molar-refractivity contribution in [3.05, 3.63) is 40.9 Å². The molecule has 5 heteroatoms. The summed E-state index contributed by atoms with van der Waals surface area (Å²) in [5.74, 6) is -1.89. The summed E-state index contributed by atoms with van der Waals surface area (Å²) in [6.45, 7) is 2.22. The first-order valence-corrected chi connectivity index (χ1v) is 10.8. The van der Waals surface area contributed by atoms with Gasteiger partial charge in [0.05, 0.1) is 5.92 Å². The quantitative estimate of drug-likeness (QED) is 0.255. The molecule has 1 amide bonds. The summed E-state index contributed by atoms with van der Waals surface area (Å²) in [5.41, 5.74) is 0.668. The van der Waals surface area contributed by atoms with Gasteiger partial charge in [-0.1, -0.05) is 73.5 Å². The van der Waals surface area contributed by atoms with Gasteiger partial charge < -0.3 is 10.4 Å². The lowest BCUT2D eigenvalue weighted by atomic mass is 10.00. The summed E-state index contributed by atoms with van der Waals surface area (Å²) in [7, 11) is 0. The normalized spacial score (nSPS) is 12.2. The summed E-state index contributed by atoms with van der Waals surface area (Å²) in [6, 6.07) is 7.22. The first kappa shape index (κ1) is 23.4. The minimum absolute atomic E-state index is 0.0207. The van der Waals surface area contributed by atoms with E-state index >= 15 is 0 Å². The number of hydrogen-bond donors (Lipinski definition) is 2. The number of carbonyl (C=O) groups excluding carboxylic acids is 1. The molecule has 2 N–H and O–H groups in total. The Bertz CT molecular complexity index is 584. The lowest BCUT2D eigenvalue weighted by Crippen LogP contribution is -2.21. The maximum absolute atomic E-state index is 12.1. The van der Waals surface area contributed by atoms with Crippen molar-refractivity contribution < 1.29 is 14.7 Å². The van der Waals surface area contributed by atoms with Crippen LogP contribution in [0, 0.1) is 5.92 Å². The molecule has 0 bridgehead atoms. The maximum atomic E-state index is 12.1. The molecule has 0 spiro atoms. The van der Waals surface area contributed by atoms with Gasteiger partial charge >= 0.3 is 5.97 Å². The van der Waals surface area contributed by atoms with Crippen molar-refractivity contribution in [2.24, 2.45) is 5.92 Å². The lowest BCUT2D eigenvalue weighted by Gasteiger charge is -2.10. The SMILES string of the molecule is CCCCCCCCCC=CCC(CC(=O)Nc1ccc(Br)cc1)C(=O)O. The number of carboxylic acid groups (broad SMARTS) is 1. The third-order valence-electron chi connectivity index (χ3n) is 4.47. The second-order valence-corrected chi connectivity index (χ2v) is 7.83. The number of nitrogens with one attached hydrogen (secondary N) is 1. The maximum Gasteiger partial charge on any atom is 0.307 e. The Kier molecular flexibility index (Phi) is 12.5. The monoisotopic (exact) mass is 437 g/mol. The van der Waals surface area contributed by atoms with E-state index in [4.69, 9.17) is 0 Å². The Morgan fingerprint density at radius 3 is 2.30 bits per heavy atom. The predicted molar refractivity (Wildman–Crippen MR) is 115 cm³/mol. The molecule has 0 aliphatic rings. The number of benzene rings is 1. The second kappa shape index (κ2) is 14.4. The standard InChI is InChI=1S/C22H32BrNO3/c1-2-3-4-5-6-7-8-9-10-11-12-18(22(26)27)17-21(25)24-20-15-13-19(23)14-16-20/h10-11,13-16,18H,2-9,12,17H2,1H3,(H,24,25)(H,26,27). The molecule has 0 radical (unpaired) electrons. The van der Waals surface area contributed by atoms with E-state index in [1.54, 1.807) is 12.1 Å². The van der Waals surface area contributed by atoms with Crippen molar-refractivity contribution in [1.29, 1.82) is 0 Å². The predicted octanol–water partition coefficient (Wildman–Crippen LogP) is 6.57. The van der Waals surface area contributed by atoms with Gasteiger partial charge in [0, 0.05) is 16.6 Å². The molecule has 1 aromatic carbocycles. The number of amides is 1. The number of halogens is 1.